The van der Waals surface area contributed by atoms with Gasteiger partial charge in [0.15, 0.2) is 5.82 Å². The van der Waals surface area contributed by atoms with Crippen molar-refractivity contribution in [3.8, 4) is 16.9 Å². The summed E-state index contributed by atoms with van der Waals surface area (Å²) in [5.74, 6) is -1.35. The van der Waals surface area contributed by atoms with E-state index in [1.165, 1.54) is 29.5 Å². The van der Waals surface area contributed by atoms with Crippen LogP contribution in [0.25, 0.3) is 16.9 Å². The number of hydrogen-bond donors (Lipinski definition) is 1. The first-order chi connectivity index (χ1) is 9.15. The smallest absolute Gasteiger partial charge is 0.151 e. The lowest BCUT2D eigenvalue weighted by Gasteiger charge is -2.02. The lowest BCUT2D eigenvalue weighted by molar-refractivity contribution is 0.568. The second-order valence-electron chi connectivity index (χ2n) is 3.99. The van der Waals surface area contributed by atoms with Gasteiger partial charge in [0.05, 0.1) is 24.4 Å². The third kappa shape index (κ3) is 1.97. The molecule has 3 aromatic rings. The first kappa shape index (κ1) is 11.5. The van der Waals surface area contributed by atoms with E-state index >= 15 is 0 Å². The molecule has 0 spiro atoms. The van der Waals surface area contributed by atoms with Gasteiger partial charge in [-0.3, -0.25) is 0 Å². The molecule has 0 bridgehead atoms. The molecule has 1 aromatic carbocycles. The third-order valence-electron chi connectivity index (χ3n) is 2.69. The van der Waals surface area contributed by atoms with Crippen molar-refractivity contribution in [2.75, 3.05) is 5.73 Å². The highest BCUT2D eigenvalue weighted by molar-refractivity contribution is 5.71. The number of aromatic nitrogens is 2. The minimum absolute atomic E-state index is 0.128. The summed E-state index contributed by atoms with van der Waals surface area (Å²) in [7, 11) is 0. The van der Waals surface area contributed by atoms with Crippen molar-refractivity contribution >= 4 is 5.69 Å². The van der Waals surface area contributed by atoms with Gasteiger partial charge in [0.2, 0.25) is 0 Å². The molecule has 96 valence electrons. The standard InChI is InChI=1S/C13H9F2N3O/c14-9-1-2-12(10(15)5-9)18-6-11(16)13(17-18)8-3-4-19-7-8/h1-7H,16H2. The Morgan fingerprint density at radius 3 is 2.74 bits per heavy atom. The molecular formula is C13H9F2N3O. The second kappa shape index (κ2) is 4.24. The zero-order valence-electron chi connectivity index (χ0n) is 9.68. The van der Waals surface area contributed by atoms with E-state index in [1.54, 1.807) is 6.07 Å². The molecule has 0 unspecified atom stereocenters. The highest BCUT2D eigenvalue weighted by Gasteiger charge is 2.13. The maximum atomic E-state index is 13.7. The lowest BCUT2D eigenvalue weighted by Crippen LogP contribution is -1.99. The Morgan fingerprint density at radius 1 is 1.21 bits per heavy atom. The second-order valence-corrected chi connectivity index (χ2v) is 3.99. The van der Waals surface area contributed by atoms with Gasteiger partial charge in [-0.25, -0.2) is 13.5 Å². The van der Waals surface area contributed by atoms with Gasteiger partial charge in [-0.15, -0.1) is 0 Å². The lowest BCUT2D eigenvalue weighted by atomic mass is 10.2. The summed E-state index contributed by atoms with van der Waals surface area (Å²) in [6.07, 6.45) is 4.45. The number of nitrogen functional groups attached to an aromatic ring is 1. The Balaban J connectivity index is 2.10. The van der Waals surface area contributed by atoms with Crippen LogP contribution in [-0.4, -0.2) is 9.78 Å². The maximum Gasteiger partial charge on any atom is 0.151 e. The molecule has 2 heterocycles. The SMILES string of the molecule is Nc1cn(-c2ccc(F)cc2F)nc1-c1ccoc1. The Morgan fingerprint density at radius 2 is 2.05 bits per heavy atom. The molecule has 0 fully saturated rings. The van der Waals surface area contributed by atoms with Gasteiger partial charge in [-0.05, 0) is 18.2 Å². The number of hydrogen-bond acceptors (Lipinski definition) is 3. The van der Waals surface area contributed by atoms with Crippen molar-refractivity contribution in [2.45, 2.75) is 0 Å². The zero-order chi connectivity index (χ0) is 13.4. The summed E-state index contributed by atoms with van der Waals surface area (Å²) >= 11 is 0. The summed E-state index contributed by atoms with van der Waals surface area (Å²) < 4.78 is 32.7. The van der Waals surface area contributed by atoms with Crippen LogP contribution in [-0.2, 0) is 0 Å². The first-order valence-corrected chi connectivity index (χ1v) is 5.48. The van der Waals surface area contributed by atoms with Gasteiger partial charge >= 0.3 is 0 Å². The molecule has 0 aliphatic heterocycles. The summed E-state index contributed by atoms with van der Waals surface area (Å²) in [5.41, 5.74) is 7.51. The van der Waals surface area contributed by atoms with Crippen molar-refractivity contribution in [3.63, 3.8) is 0 Å². The van der Waals surface area contributed by atoms with Crippen LogP contribution < -0.4 is 5.73 Å². The van der Waals surface area contributed by atoms with Gasteiger partial charge in [0, 0.05) is 11.6 Å². The Hall–Kier alpha value is -2.63. The van der Waals surface area contributed by atoms with Crippen LogP contribution in [0.3, 0.4) is 0 Å². The highest BCUT2D eigenvalue weighted by atomic mass is 19.1. The van der Waals surface area contributed by atoms with Crippen molar-refractivity contribution in [1.29, 1.82) is 0 Å². The molecule has 0 saturated heterocycles. The number of nitrogens with two attached hydrogens (primary N) is 1. The molecule has 0 radical (unpaired) electrons. The minimum Gasteiger partial charge on any atom is -0.472 e. The molecule has 2 N–H and O–H groups in total. The average molecular weight is 261 g/mol. The number of benzene rings is 1. The van der Waals surface area contributed by atoms with E-state index in [0.717, 1.165) is 12.1 Å². The van der Waals surface area contributed by atoms with E-state index in [4.69, 9.17) is 10.2 Å². The molecule has 4 nitrogen and oxygen atoms in total. The number of anilines is 1. The summed E-state index contributed by atoms with van der Waals surface area (Å²) in [6, 6.07) is 4.96. The molecule has 0 aliphatic rings. The van der Waals surface area contributed by atoms with E-state index in [0.29, 0.717) is 16.9 Å². The minimum atomic E-state index is -0.707. The fraction of sp³-hybridized carbons (Fsp3) is 0. The molecular weight excluding hydrogens is 252 g/mol. The van der Waals surface area contributed by atoms with Gasteiger partial charge in [0.25, 0.3) is 0 Å². The monoisotopic (exact) mass is 261 g/mol. The first-order valence-electron chi connectivity index (χ1n) is 5.48. The maximum absolute atomic E-state index is 13.7. The number of nitrogens with zero attached hydrogens (tertiary/aromatic N) is 2. The predicted octanol–water partition coefficient (Wildman–Crippen LogP) is 2.99. The molecule has 0 saturated carbocycles. The largest absolute Gasteiger partial charge is 0.472 e. The molecule has 0 amide bonds. The van der Waals surface area contributed by atoms with Crippen LogP contribution in [0.5, 0.6) is 0 Å². The van der Waals surface area contributed by atoms with Gasteiger partial charge in [-0.2, -0.15) is 5.10 Å². The zero-order valence-corrected chi connectivity index (χ0v) is 9.68. The van der Waals surface area contributed by atoms with E-state index in [-0.39, 0.29) is 5.69 Å². The fourth-order valence-electron chi connectivity index (χ4n) is 1.80. The van der Waals surface area contributed by atoms with E-state index in [1.807, 2.05) is 0 Å². The molecule has 6 heteroatoms. The van der Waals surface area contributed by atoms with Crippen molar-refractivity contribution in [1.82, 2.24) is 9.78 Å². The van der Waals surface area contributed by atoms with Crippen LogP contribution in [0, 0.1) is 11.6 Å². The van der Waals surface area contributed by atoms with Gasteiger partial charge < -0.3 is 10.2 Å². The van der Waals surface area contributed by atoms with Crippen LogP contribution in [0.15, 0.2) is 47.4 Å². The normalized spacial score (nSPS) is 10.8. The van der Waals surface area contributed by atoms with Crippen LogP contribution >= 0.6 is 0 Å². The van der Waals surface area contributed by atoms with Crippen molar-refractivity contribution in [3.05, 3.63) is 54.6 Å². The van der Waals surface area contributed by atoms with Crippen LogP contribution in [0.1, 0.15) is 0 Å². The number of furan rings is 1. The Labute approximate surface area is 107 Å². The van der Waals surface area contributed by atoms with E-state index in [9.17, 15) is 8.78 Å². The topological polar surface area (TPSA) is 57.0 Å². The van der Waals surface area contributed by atoms with Crippen LogP contribution in [0.2, 0.25) is 0 Å². The van der Waals surface area contributed by atoms with Gasteiger partial charge in [-0.1, -0.05) is 0 Å². The highest BCUT2D eigenvalue weighted by Crippen LogP contribution is 2.26. The van der Waals surface area contributed by atoms with Gasteiger partial charge in [0.1, 0.15) is 17.2 Å². The Kier molecular flexibility index (Phi) is 2.56. The third-order valence-corrected chi connectivity index (χ3v) is 2.69. The van der Waals surface area contributed by atoms with Crippen molar-refractivity contribution in [2.24, 2.45) is 0 Å². The predicted molar refractivity (Wildman–Crippen MR) is 65.6 cm³/mol. The summed E-state index contributed by atoms with van der Waals surface area (Å²) in [4.78, 5) is 0. The fourth-order valence-corrected chi connectivity index (χ4v) is 1.80. The quantitative estimate of drug-likeness (QED) is 0.771. The molecule has 0 aliphatic carbocycles. The average Bonchev–Trinajstić information content (AvgIpc) is 2.98. The number of rotatable bonds is 2. The summed E-state index contributed by atoms with van der Waals surface area (Å²) in [6.45, 7) is 0. The molecule has 19 heavy (non-hydrogen) atoms. The van der Waals surface area contributed by atoms with E-state index < -0.39 is 11.6 Å². The van der Waals surface area contributed by atoms with Crippen molar-refractivity contribution < 1.29 is 13.2 Å². The van der Waals surface area contributed by atoms with Crippen LogP contribution in [0.4, 0.5) is 14.5 Å². The molecule has 2 aromatic heterocycles. The molecule has 3 rings (SSSR count). The Bertz CT molecular complexity index is 720. The summed E-state index contributed by atoms with van der Waals surface area (Å²) in [5, 5.41) is 4.18. The van der Waals surface area contributed by atoms with E-state index in [2.05, 4.69) is 5.10 Å². The molecule has 0 atom stereocenters. The number of halogens is 2.